The number of Topliss-reactive ketones (excluding diaryl/α,β-unsaturated/α-hetero) is 1. The normalized spacial score (nSPS) is 14.8. The molecule has 1 heterocycles. The Morgan fingerprint density at radius 1 is 0.796 bits per heavy atom. The number of carbonyl (C=O) groups excluding carboxylic acids is 8. The van der Waals surface area contributed by atoms with Gasteiger partial charge in [-0.1, -0.05) is 58.0 Å². The minimum absolute atomic E-state index is 0.0132. The Hall–Kier alpha value is -4.70. The second-order valence-corrected chi connectivity index (χ2v) is 12.1. The molecule has 0 spiro atoms. The number of rotatable bonds is 22. The number of imide groups is 1. The molecule has 1 aliphatic rings. The Kier molecular flexibility index (Phi) is 17.6. The van der Waals surface area contributed by atoms with Gasteiger partial charge in [0.25, 0.3) is 0 Å². The first-order valence-corrected chi connectivity index (χ1v) is 16.2. The van der Waals surface area contributed by atoms with Crippen molar-refractivity contribution in [3.63, 3.8) is 0 Å². The fraction of sp³-hybridized carbons (Fsp3) is 0.576. The van der Waals surface area contributed by atoms with Crippen LogP contribution in [-0.4, -0.2) is 111 Å². The summed E-state index contributed by atoms with van der Waals surface area (Å²) in [7, 11) is 0. The zero-order valence-corrected chi connectivity index (χ0v) is 28.5. The summed E-state index contributed by atoms with van der Waals surface area (Å²) in [6.07, 6.45) is 0.229. The zero-order valence-electron chi connectivity index (χ0n) is 28.5. The van der Waals surface area contributed by atoms with Gasteiger partial charge < -0.3 is 36.1 Å². The molecular formula is C33H48N6O10. The average molecular weight is 689 g/mol. The monoisotopic (exact) mass is 688 g/mol. The van der Waals surface area contributed by atoms with Crippen molar-refractivity contribution in [2.24, 2.45) is 17.8 Å². The molecular weight excluding hydrogens is 640 g/mol. The molecule has 0 saturated carbocycles. The van der Waals surface area contributed by atoms with Crippen molar-refractivity contribution in [2.45, 2.75) is 53.0 Å². The van der Waals surface area contributed by atoms with Gasteiger partial charge >= 0.3 is 0 Å². The summed E-state index contributed by atoms with van der Waals surface area (Å²) in [4.78, 5) is 99.1. The third kappa shape index (κ3) is 15.4. The van der Waals surface area contributed by atoms with Gasteiger partial charge in [-0.2, -0.15) is 0 Å². The van der Waals surface area contributed by atoms with Gasteiger partial charge in [-0.05, 0) is 11.5 Å². The van der Waals surface area contributed by atoms with E-state index >= 15 is 0 Å². The SMILES string of the molecule is CC(C)C(=O)COCNC(=O)CNC(=O)[C@H](Cc1ccccc1)NC(=O)CNC(=O)CNC(=O)CCOCCN1C(=O)CC(C(C)C)C1=O. The van der Waals surface area contributed by atoms with E-state index in [2.05, 4.69) is 26.6 Å². The third-order valence-electron chi connectivity index (χ3n) is 7.53. The summed E-state index contributed by atoms with van der Waals surface area (Å²) in [6, 6.07) is 7.79. The minimum Gasteiger partial charge on any atom is -0.379 e. The second kappa shape index (κ2) is 21.3. The summed E-state index contributed by atoms with van der Waals surface area (Å²) in [6.45, 7) is 5.79. The lowest BCUT2D eigenvalue weighted by molar-refractivity contribution is -0.141. The molecule has 270 valence electrons. The van der Waals surface area contributed by atoms with E-state index in [0.29, 0.717) is 0 Å². The minimum atomic E-state index is -1.07. The van der Waals surface area contributed by atoms with Crippen molar-refractivity contribution >= 4 is 47.1 Å². The molecule has 16 heteroatoms. The van der Waals surface area contributed by atoms with Crippen molar-refractivity contribution in [3.05, 3.63) is 35.9 Å². The van der Waals surface area contributed by atoms with Crippen LogP contribution in [0.5, 0.6) is 0 Å². The number of ketones is 1. The third-order valence-corrected chi connectivity index (χ3v) is 7.53. The highest BCUT2D eigenvalue weighted by Crippen LogP contribution is 2.25. The molecule has 1 aliphatic heterocycles. The van der Waals surface area contributed by atoms with Gasteiger partial charge in [0, 0.05) is 31.1 Å². The lowest BCUT2D eigenvalue weighted by Crippen LogP contribution is -2.52. The molecule has 1 fully saturated rings. The molecule has 2 rings (SSSR count). The van der Waals surface area contributed by atoms with Crippen LogP contribution in [0.15, 0.2) is 30.3 Å². The van der Waals surface area contributed by atoms with Crippen molar-refractivity contribution in [1.82, 2.24) is 31.5 Å². The second-order valence-electron chi connectivity index (χ2n) is 12.1. The maximum atomic E-state index is 12.9. The molecule has 7 amide bonds. The smallest absolute Gasteiger partial charge is 0.243 e. The number of nitrogens with one attached hydrogen (secondary N) is 5. The predicted molar refractivity (Wildman–Crippen MR) is 175 cm³/mol. The molecule has 2 atom stereocenters. The number of hydrogen-bond donors (Lipinski definition) is 5. The van der Waals surface area contributed by atoms with Crippen LogP contribution in [0.3, 0.4) is 0 Å². The molecule has 0 radical (unpaired) electrons. The topological polar surface area (TPSA) is 218 Å². The van der Waals surface area contributed by atoms with E-state index in [1.807, 2.05) is 13.8 Å². The van der Waals surface area contributed by atoms with E-state index in [1.165, 1.54) is 4.90 Å². The van der Waals surface area contributed by atoms with Crippen LogP contribution >= 0.6 is 0 Å². The highest BCUT2D eigenvalue weighted by atomic mass is 16.5. The molecule has 1 unspecified atom stereocenters. The number of likely N-dealkylation sites (tertiary alicyclic amines) is 1. The van der Waals surface area contributed by atoms with Gasteiger partial charge in [0.1, 0.15) is 19.4 Å². The van der Waals surface area contributed by atoms with Crippen LogP contribution in [-0.2, 0) is 54.3 Å². The van der Waals surface area contributed by atoms with Crippen LogP contribution in [0.4, 0.5) is 0 Å². The number of carbonyl (C=O) groups is 8. The van der Waals surface area contributed by atoms with E-state index in [-0.39, 0.29) is 87.7 Å². The summed E-state index contributed by atoms with van der Waals surface area (Å²) in [5, 5.41) is 12.2. The first-order chi connectivity index (χ1) is 23.3. The van der Waals surface area contributed by atoms with Crippen LogP contribution in [0, 0.1) is 17.8 Å². The van der Waals surface area contributed by atoms with Gasteiger partial charge in [-0.15, -0.1) is 0 Å². The molecule has 49 heavy (non-hydrogen) atoms. The Labute approximate surface area is 285 Å². The lowest BCUT2D eigenvalue weighted by Gasteiger charge is -2.19. The standard InChI is InChI=1S/C33H48N6O10/c1-21(2)24-15-31(45)39(33(24)47)11-13-48-12-10-27(41)34-16-28(42)35-18-30(44)38-25(14-23-8-6-5-7-9-23)32(46)36-17-29(43)37-20-49-19-26(40)22(3)4/h5-9,21-22,24-25H,10-20H2,1-4H3,(H,34,41)(H,35,42)(H,36,46)(H,37,43)(H,38,44)/t24?,25-/m0/s1. The Morgan fingerprint density at radius 3 is 2.08 bits per heavy atom. The summed E-state index contributed by atoms with van der Waals surface area (Å²) in [5.74, 6) is -4.02. The molecule has 1 aromatic carbocycles. The van der Waals surface area contributed by atoms with E-state index in [9.17, 15) is 38.4 Å². The largest absolute Gasteiger partial charge is 0.379 e. The first kappa shape index (κ1) is 40.5. The zero-order chi connectivity index (χ0) is 36.3. The molecule has 0 bridgehead atoms. The number of amides is 7. The molecule has 1 aromatic rings. The van der Waals surface area contributed by atoms with Crippen molar-refractivity contribution < 1.29 is 47.8 Å². The molecule has 0 aromatic heterocycles. The Balaban J connectivity index is 1.69. The van der Waals surface area contributed by atoms with Crippen LogP contribution < -0.4 is 26.6 Å². The first-order valence-electron chi connectivity index (χ1n) is 16.2. The van der Waals surface area contributed by atoms with E-state index in [0.717, 1.165) is 5.56 Å². The van der Waals surface area contributed by atoms with Crippen LogP contribution in [0.2, 0.25) is 0 Å². The predicted octanol–water partition coefficient (Wildman–Crippen LogP) is -1.18. The molecule has 16 nitrogen and oxygen atoms in total. The lowest BCUT2D eigenvalue weighted by atomic mass is 9.94. The van der Waals surface area contributed by atoms with E-state index < -0.39 is 55.2 Å². The van der Waals surface area contributed by atoms with Gasteiger partial charge in [0.2, 0.25) is 41.4 Å². The van der Waals surface area contributed by atoms with Crippen LogP contribution in [0.25, 0.3) is 0 Å². The number of benzene rings is 1. The number of ether oxygens (including phenoxy) is 2. The van der Waals surface area contributed by atoms with E-state index in [1.54, 1.807) is 44.2 Å². The highest BCUT2D eigenvalue weighted by Gasteiger charge is 2.39. The molecule has 1 saturated heterocycles. The Bertz CT molecular complexity index is 1320. The fourth-order valence-corrected chi connectivity index (χ4v) is 4.50. The number of hydrogen-bond acceptors (Lipinski definition) is 10. The summed E-state index contributed by atoms with van der Waals surface area (Å²) < 4.78 is 10.5. The van der Waals surface area contributed by atoms with Crippen molar-refractivity contribution in [1.29, 1.82) is 0 Å². The van der Waals surface area contributed by atoms with Crippen molar-refractivity contribution in [3.8, 4) is 0 Å². The summed E-state index contributed by atoms with van der Waals surface area (Å²) in [5.41, 5.74) is 0.740. The molecule has 5 N–H and O–H groups in total. The van der Waals surface area contributed by atoms with Crippen molar-refractivity contribution in [2.75, 3.05) is 52.7 Å². The average Bonchev–Trinajstić information content (AvgIpc) is 3.35. The van der Waals surface area contributed by atoms with Gasteiger partial charge in [-0.25, -0.2) is 0 Å². The summed E-state index contributed by atoms with van der Waals surface area (Å²) >= 11 is 0. The highest BCUT2D eigenvalue weighted by molar-refractivity contribution is 6.03. The molecule has 0 aliphatic carbocycles. The maximum absolute atomic E-state index is 12.9. The van der Waals surface area contributed by atoms with Gasteiger partial charge in [-0.3, -0.25) is 43.3 Å². The quantitative estimate of drug-likeness (QED) is 0.0558. The van der Waals surface area contributed by atoms with E-state index in [4.69, 9.17) is 9.47 Å². The van der Waals surface area contributed by atoms with Gasteiger partial charge in [0.05, 0.1) is 39.4 Å². The maximum Gasteiger partial charge on any atom is 0.243 e. The Morgan fingerprint density at radius 2 is 1.43 bits per heavy atom. The number of nitrogens with zero attached hydrogens (tertiary/aromatic N) is 1. The van der Waals surface area contributed by atoms with Crippen LogP contribution in [0.1, 0.15) is 46.1 Å². The van der Waals surface area contributed by atoms with Gasteiger partial charge in [0.15, 0.2) is 5.78 Å². The fourth-order valence-electron chi connectivity index (χ4n) is 4.50.